The summed E-state index contributed by atoms with van der Waals surface area (Å²) in [6, 6.07) is -0.381. The van der Waals surface area contributed by atoms with Crippen LogP contribution in [0.1, 0.15) is 19.3 Å². The molecule has 0 aliphatic carbocycles. The molecule has 6 nitrogen and oxygen atoms in total. The molecule has 0 unspecified atom stereocenters. The maximum absolute atomic E-state index is 11.6. The third kappa shape index (κ3) is 2.03. The highest BCUT2D eigenvalue weighted by atomic mass is 16.3. The largest absolute Gasteiger partial charge is 0.396 e. The third-order valence-electron chi connectivity index (χ3n) is 3.36. The van der Waals surface area contributed by atoms with Crippen molar-refractivity contribution in [2.75, 3.05) is 26.2 Å². The van der Waals surface area contributed by atoms with Crippen molar-refractivity contribution in [1.29, 1.82) is 0 Å². The van der Waals surface area contributed by atoms with E-state index in [0.717, 1.165) is 26.1 Å². The van der Waals surface area contributed by atoms with Crippen molar-refractivity contribution in [2.45, 2.75) is 24.8 Å². The van der Waals surface area contributed by atoms with Crippen LogP contribution in [-0.2, 0) is 4.79 Å². The molecule has 2 heterocycles. The van der Waals surface area contributed by atoms with E-state index in [1.807, 2.05) is 0 Å². The maximum Gasteiger partial charge on any atom is 0.322 e. The van der Waals surface area contributed by atoms with Crippen molar-refractivity contribution in [1.82, 2.24) is 15.5 Å². The molecule has 0 aromatic heterocycles. The SMILES string of the molecule is O=C1NC(=O)C2(CCN(CCCO)CC2)N1. The minimum absolute atomic E-state index is 0.193. The number of piperidine rings is 1. The van der Waals surface area contributed by atoms with E-state index in [1.165, 1.54) is 0 Å². The molecule has 0 bridgehead atoms. The van der Waals surface area contributed by atoms with Gasteiger partial charge in [0.15, 0.2) is 0 Å². The molecule has 0 aromatic rings. The minimum atomic E-state index is -0.674. The Hall–Kier alpha value is -1.14. The number of urea groups is 1. The zero-order valence-corrected chi connectivity index (χ0v) is 9.16. The van der Waals surface area contributed by atoms with Crippen molar-refractivity contribution in [3.8, 4) is 0 Å². The van der Waals surface area contributed by atoms with Gasteiger partial charge in [0.1, 0.15) is 5.54 Å². The fourth-order valence-corrected chi connectivity index (χ4v) is 2.33. The number of hydrogen-bond acceptors (Lipinski definition) is 4. The van der Waals surface area contributed by atoms with E-state index in [2.05, 4.69) is 15.5 Å². The van der Waals surface area contributed by atoms with Crippen LogP contribution in [-0.4, -0.2) is 53.7 Å². The first kappa shape index (κ1) is 11.3. The second kappa shape index (κ2) is 4.39. The number of rotatable bonds is 3. The van der Waals surface area contributed by atoms with E-state index >= 15 is 0 Å². The zero-order valence-electron chi connectivity index (χ0n) is 9.16. The van der Waals surface area contributed by atoms with Crippen LogP contribution in [0.15, 0.2) is 0 Å². The minimum Gasteiger partial charge on any atom is -0.396 e. The Kier molecular flexibility index (Phi) is 3.11. The highest BCUT2D eigenvalue weighted by Crippen LogP contribution is 2.25. The lowest BCUT2D eigenvalue weighted by atomic mass is 9.88. The van der Waals surface area contributed by atoms with E-state index in [1.54, 1.807) is 0 Å². The van der Waals surface area contributed by atoms with Crippen molar-refractivity contribution >= 4 is 11.9 Å². The van der Waals surface area contributed by atoms with Gasteiger partial charge in [0.2, 0.25) is 0 Å². The van der Waals surface area contributed by atoms with Gasteiger partial charge in [-0.1, -0.05) is 0 Å². The summed E-state index contributed by atoms with van der Waals surface area (Å²) in [7, 11) is 0. The normalized spacial score (nSPS) is 24.6. The average Bonchev–Trinajstić information content (AvgIpc) is 2.53. The van der Waals surface area contributed by atoms with E-state index < -0.39 is 5.54 Å². The predicted octanol–water partition coefficient (Wildman–Crippen LogP) is -0.957. The zero-order chi connectivity index (χ0) is 11.6. The average molecular weight is 227 g/mol. The van der Waals surface area contributed by atoms with Crippen molar-refractivity contribution < 1.29 is 14.7 Å². The first-order valence-electron chi connectivity index (χ1n) is 5.63. The summed E-state index contributed by atoms with van der Waals surface area (Å²) in [5, 5.41) is 13.7. The Morgan fingerprint density at radius 3 is 2.50 bits per heavy atom. The summed E-state index contributed by atoms with van der Waals surface area (Å²) in [6.07, 6.45) is 2.05. The van der Waals surface area contributed by atoms with Crippen LogP contribution >= 0.6 is 0 Å². The number of hydrogen-bond donors (Lipinski definition) is 3. The van der Waals surface area contributed by atoms with E-state index in [-0.39, 0.29) is 18.5 Å². The van der Waals surface area contributed by atoms with E-state index in [9.17, 15) is 9.59 Å². The maximum atomic E-state index is 11.6. The molecule has 3 amide bonds. The first-order valence-corrected chi connectivity index (χ1v) is 5.63. The third-order valence-corrected chi connectivity index (χ3v) is 3.36. The molecule has 1 spiro atoms. The molecule has 0 atom stereocenters. The van der Waals surface area contributed by atoms with Crippen LogP contribution in [0.5, 0.6) is 0 Å². The van der Waals surface area contributed by atoms with Crippen LogP contribution in [0.2, 0.25) is 0 Å². The summed E-state index contributed by atoms with van der Waals surface area (Å²) in [5.74, 6) is -0.195. The first-order chi connectivity index (χ1) is 7.66. The van der Waals surface area contributed by atoms with Gasteiger partial charge >= 0.3 is 6.03 Å². The number of amides is 3. The highest BCUT2D eigenvalue weighted by molar-refractivity contribution is 6.07. The lowest BCUT2D eigenvalue weighted by molar-refractivity contribution is -0.125. The van der Waals surface area contributed by atoms with Gasteiger partial charge in [0, 0.05) is 26.2 Å². The molecule has 2 aliphatic rings. The molecule has 0 saturated carbocycles. The number of nitrogens with zero attached hydrogens (tertiary/aromatic N) is 1. The number of carbonyl (C=O) groups is 2. The van der Waals surface area contributed by atoms with Crippen molar-refractivity contribution in [3.05, 3.63) is 0 Å². The molecule has 6 heteroatoms. The van der Waals surface area contributed by atoms with Gasteiger partial charge in [-0.2, -0.15) is 0 Å². The molecule has 16 heavy (non-hydrogen) atoms. The molecule has 3 N–H and O–H groups in total. The van der Waals surface area contributed by atoms with Crippen LogP contribution in [0.3, 0.4) is 0 Å². The van der Waals surface area contributed by atoms with Gasteiger partial charge in [0.05, 0.1) is 0 Å². The number of aliphatic hydroxyl groups excluding tert-OH is 1. The Balaban J connectivity index is 1.89. The number of carbonyl (C=O) groups excluding carboxylic acids is 2. The van der Waals surface area contributed by atoms with E-state index in [4.69, 9.17) is 5.11 Å². The Morgan fingerprint density at radius 1 is 1.31 bits per heavy atom. The second-order valence-corrected chi connectivity index (χ2v) is 4.41. The summed E-state index contributed by atoms with van der Waals surface area (Å²) in [5.41, 5.74) is -0.674. The molecule has 2 fully saturated rings. The van der Waals surface area contributed by atoms with Gasteiger partial charge in [-0.15, -0.1) is 0 Å². The molecule has 90 valence electrons. The number of nitrogens with one attached hydrogen (secondary N) is 2. The summed E-state index contributed by atoms with van der Waals surface area (Å²) in [6.45, 7) is 2.61. The Bertz CT molecular complexity index is 298. The molecule has 0 radical (unpaired) electrons. The molecular weight excluding hydrogens is 210 g/mol. The fraction of sp³-hybridized carbons (Fsp3) is 0.800. The molecule has 0 aromatic carbocycles. The predicted molar refractivity (Wildman–Crippen MR) is 56.8 cm³/mol. The van der Waals surface area contributed by atoms with Crippen molar-refractivity contribution in [3.63, 3.8) is 0 Å². The monoisotopic (exact) mass is 227 g/mol. The summed E-state index contributed by atoms with van der Waals surface area (Å²) in [4.78, 5) is 24.9. The fourth-order valence-electron chi connectivity index (χ4n) is 2.33. The number of aliphatic hydroxyl groups is 1. The van der Waals surface area contributed by atoms with Gasteiger partial charge in [-0.05, 0) is 19.3 Å². The quantitative estimate of drug-likeness (QED) is 0.543. The molecular formula is C10H17N3O3. The van der Waals surface area contributed by atoms with Gasteiger partial charge in [0.25, 0.3) is 5.91 Å². The smallest absolute Gasteiger partial charge is 0.322 e. The summed E-state index contributed by atoms with van der Waals surface area (Å²) < 4.78 is 0. The van der Waals surface area contributed by atoms with Crippen LogP contribution in [0, 0.1) is 0 Å². The summed E-state index contributed by atoms with van der Waals surface area (Å²) >= 11 is 0. The standard InChI is InChI=1S/C10H17N3O3/c14-7-1-4-13-5-2-10(3-6-13)8(15)11-9(16)12-10/h14H,1-7H2,(H2,11,12,15,16). The van der Waals surface area contributed by atoms with Crippen LogP contribution < -0.4 is 10.6 Å². The van der Waals surface area contributed by atoms with Crippen LogP contribution in [0.4, 0.5) is 4.79 Å². The Labute approximate surface area is 94.0 Å². The lowest BCUT2D eigenvalue weighted by Gasteiger charge is -2.36. The van der Waals surface area contributed by atoms with Gasteiger partial charge in [-0.3, -0.25) is 10.1 Å². The topological polar surface area (TPSA) is 81.7 Å². The lowest BCUT2D eigenvalue weighted by Crippen LogP contribution is -2.54. The number of imide groups is 1. The Morgan fingerprint density at radius 2 is 2.00 bits per heavy atom. The van der Waals surface area contributed by atoms with Crippen LogP contribution in [0.25, 0.3) is 0 Å². The van der Waals surface area contributed by atoms with E-state index in [0.29, 0.717) is 12.8 Å². The highest BCUT2D eigenvalue weighted by Gasteiger charge is 2.47. The molecule has 2 saturated heterocycles. The molecule has 2 aliphatic heterocycles. The second-order valence-electron chi connectivity index (χ2n) is 4.41. The van der Waals surface area contributed by atoms with Crippen molar-refractivity contribution in [2.24, 2.45) is 0 Å². The van der Waals surface area contributed by atoms with Gasteiger partial charge < -0.3 is 15.3 Å². The number of likely N-dealkylation sites (tertiary alicyclic amines) is 1. The molecule has 2 rings (SSSR count). The van der Waals surface area contributed by atoms with Gasteiger partial charge in [-0.25, -0.2) is 4.79 Å².